The van der Waals surface area contributed by atoms with Crippen molar-refractivity contribution in [2.24, 2.45) is 5.92 Å². The molecule has 0 amide bonds. The molecule has 0 saturated carbocycles. The lowest BCUT2D eigenvalue weighted by atomic mass is 10.1. The van der Waals surface area contributed by atoms with Crippen molar-refractivity contribution in [3.63, 3.8) is 0 Å². The lowest BCUT2D eigenvalue weighted by molar-refractivity contribution is 0.173. The Balaban J connectivity index is 2.04. The fourth-order valence-corrected chi connectivity index (χ4v) is 1.99. The van der Waals surface area contributed by atoms with Crippen LogP contribution in [0.5, 0.6) is 17.2 Å². The molecule has 0 radical (unpaired) electrons. The van der Waals surface area contributed by atoms with Gasteiger partial charge in [0.1, 0.15) is 5.75 Å². The molecule has 21 heavy (non-hydrogen) atoms. The Bertz CT molecular complexity index is 450. The van der Waals surface area contributed by atoms with E-state index in [0.29, 0.717) is 19.1 Å². The highest BCUT2D eigenvalue weighted by Gasteiger charge is 2.18. The standard InChI is InChI=1S/C16H25NO4/c1-4-12(2)10-19-14-8-16-15(20-11-21-16)7-13(14)9-17-5-6-18-3/h7-8,12,17H,4-6,9-11H2,1-3H3. The smallest absolute Gasteiger partial charge is 0.231 e. The summed E-state index contributed by atoms with van der Waals surface area (Å²) in [6.07, 6.45) is 1.10. The molecule has 0 saturated heterocycles. The zero-order valence-electron chi connectivity index (χ0n) is 13.1. The Labute approximate surface area is 126 Å². The molecule has 0 fully saturated rings. The van der Waals surface area contributed by atoms with E-state index in [1.165, 1.54) is 0 Å². The molecule has 0 aliphatic carbocycles. The SMILES string of the molecule is CCC(C)COc1cc2c(cc1CNCCOC)OCO2. The van der Waals surface area contributed by atoms with Gasteiger partial charge < -0.3 is 24.3 Å². The summed E-state index contributed by atoms with van der Waals surface area (Å²) in [6, 6.07) is 3.92. The average molecular weight is 295 g/mol. The quantitative estimate of drug-likeness (QED) is 0.710. The van der Waals surface area contributed by atoms with E-state index >= 15 is 0 Å². The second-order valence-electron chi connectivity index (χ2n) is 5.31. The summed E-state index contributed by atoms with van der Waals surface area (Å²) in [5.74, 6) is 2.94. The lowest BCUT2D eigenvalue weighted by Gasteiger charge is -2.15. The summed E-state index contributed by atoms with van der Waals surface area (Å²) in [7, 11) is 1.70. The number of ether oxygens (including phenoxy) is 4. The van der Waals surface area contributed by atoms with Crippen LogP contribution in [-0.4, -0.2) is 33.7 Å². The van der Waals surface area contributed by atoms with Crippen LogP contribution in [0, 0.1) is 5.92 Å². The summed E-state index contributed by atoms with van der Waals surface area (Å²) in [4.78, 5) is 0. The second-order valence-corrected chi connectivity index (χ2v) is 5.31. The Morgan fingerprint density at radius 2 is 2.05 bits per heavy atom. The summed E-state index contributed by atoms with van der Waals surface area (Å²) >= 11 is 0. The molecule has 0 spiro atoms. The highest BCUT2D eigenvalue weighted by molar-refractivity contribution is 5.51. The molecule has 1 aromatic carbocycles. The minimum atomic E-state index is 0.278. The topological polar surface area (TPSA) is 49.0 Å². The first-order chi connectivity index (χ1) is 10.2. The van der Waals surface area contributed by atoms with Crippen molar-refractivity contribution in [3.8, 4) is 17.2 Å². The van der Waals surface area contributed by atoms with Gasteiger partial charge in [0.2, 0.25) is 6.79 Å². The van der Waals surface area contributed by atoms with Crippen LogP contribution in [0.25, 0.3) is 0 Å². The summed E-state index contributed by atoms with van der Waals surface area (Å²) < 4.78 is 21.9. The fraction of sp³-hybridized carbons (Fsp3) is 0.625. The predicted molar refractivity (Wildman–Crippen MR) is 81.1 cm³/mol. The van der Waals surface area contributed by atoms with Crippen LogP contribution in [0.15, 0.2) is 12.1 Å². The first kappa shape index (κ1) is 15.9. The largest absolute Gasteiger partial charge is 0.493 e. The minimum Gasteiger partial charge on any atom is -0.493 e. The molecule has 5 heteroatoms. The van der Waals surface area contributed by atoms with E-state index in [-0.39, 0.29) is 6.79 Å². The van der Waals surface area contributed by atoms with Crippen molar-refractivity contribution >= 4 is 0 Å². The van der Waals surface area contributed by atoms with E-state index in [1.54, 1.807) is 7.11 Å². The molecular formula is C16H25NO4. The van der Waals surface area contributed by atoms with Crippen LogP contribution in [0.2, 0.25) is 0 Å². The summed E-state index contributed by atoms with van der Waals surface area (Å²) in [5.41, 5.74) is 1.08. The van der Waals surface area contributed by atoms with E-state index in [1.807, 2.05) is 12.1 Å². The number of fused-ring (bicyclic) bond motifs is 1. The van der Waals surface area contributed by atoms with Crippen LogP contribution in [-0.2, 0) is 11.3 Å². The van der Waals surface area contributed by atoms with Gasteiger partial charge in [0.15, 0.2) is 11.5 Å². The molecule has 1 aliphatic rings. The monoisotopic (exact) mass is 295 g/mol. The summed E-state index contributed by atoms with van der Waals surface area (Å²) in [6.45, 7) is 7.55. The van der Waals surface area contributed by atoms with E-state index in [0.717, 1.165) is 42.3 Å². The maximum absolute atomic E-state index is 5.97. The van der Waals surface area contributed by atoms with Crippen LogP contribution >= 0.6 is 0 Å². The zero-order valence-corrected chi connectivity index (χ0v) is 13.1. The van der Waals surface area contributed by atoms with Crippen LogP contribution in [0.1, 0.15) is 25.8 Å². The van der Waals surface area contributed by atoms with Gasteiger partial charge in [-0.2, -0.15) is 0 Å². The first-order valence-electron chi connectivity index (χ1n) is 7.49. The van der Waals surface area contributed by atoms with Gasteiger partial charge in [0.25, 0.3) is 0 Å². The average Bonchev–Trinajstić information content (AvgIpc) is 2.95. The Kier molecular flexibility index (Phi) is 6.14. The Morgan fingerprint density at radius 1 is 1.29 bits per heavy atom. The molecule has 5 nitrogen and oxygen atoms in total. The summed E-state index contributed by atoms with van der Waals surface area (Å²) in [5, 5.41) is 3.33. The van der Waals surface area contributed by atoms with Gasteiger partial charge in [-0.3, -0.25) is 0 Å². The van der Waals surface area contributed by atoms with Crippen molar-refractivity contribution in [2.45, 2.75) is 26.8 Å². The number of nitrogens with one attached hydrogen (secondary N) is 1. The van der Waals surface area contributed by atoms with E-state index in [9.17, 15) is 0 Å². The van der Waals surface area contributed by atoms with Gasteiger partial charge in [0, 0.05) is 31.8 Å². The van der Waals surface area contributed by atoms with Gasteiger partial charge in [-0.15, -0.1) is 0 Å². The van der Waals surface area contributed by atoms with Gasteiger partial charge in [-0.05, 0) is 12.0 Å². The van der Waals surface area contributed by atoms with Gasteiger partial charge >= 0.3 is 0 Å². The maximum Gasteiger partial charge on any atom is 0.231 e. The van der Waals surface area contributed by atoms with Crippen molar-refractivity contribution in [2.75, 3.05) is 33.7 Å². The normalized spacial score (nSPS) is 14.2. The highest BCUT2D eigenvalue weighted by atomic mass is 16.7. The molecule has 118 valence electrons. The zero-order chi connectivity index (χ0) is 15.1. The minimum absolute atomic E-state index is 0.278. The molecule has 0 bridgehead atoms. The van der Waals surface area contributed by atoms with Gasteiger partial charge in [-0.1, -0.05) is 20.3 Å². The third-order valence-corrected chi connectivity index (χ3v) is 3.57. The van der Waals surface area contributed by atoms with Crippen molar-refractivity contribution < 1.29 is 18.9 Å². The maximum atomic E-state index is 5.97. The fourth-order valence-electron chi connectivity index (χ4n) is 1.99. The number of rotatable bonds is 9. The lowest BCUT2D eigenvalue weighted by Crippen LogP contribution is -2.19. The van der Waals surface area contributed by atoms with E-state index in [4.69, 9.17) is 18.9 Å². The second kappa shape index (κ2) is 8.10. The van der Waals surface area contributed by atoms with Crippen molar-refractivity contribution in [1.29, 1.82) is 0 Å². The van der Waals surface area contributed by atoms with E-state index in [2.05, 4.69) is 19.2 Å². The Hall–Kier alpha value is -1.46. The van der Waals surface area contributed by atoms with Gasteiger partial charge in [0.05, 0.1) is 13.2 Å². The van der Waals surface area contributed by atoms with Crippen molar-refractivity contribution in [3.05, 3.63) is 17.7 Å². The Morgan fingerprint density at radius 3 is 2.76 bits per heavy atom. The number of hydrogen-bond donors (Lipinski definition) is 1. The predicted octanol–water partition coefficient (Wildman–Crippen LogP) is 2.58. The molecule has 1 N–H and O–H groups in total. The molecular weight excluding hydrogens is 270 g/mol. The third kappa shape index (κ3) is 4.51. The van der Waals surface area contributed by atoms with Crippen molar-refractivity contribution in [1.82, 2.24) is 5.32 Å². The number of methoxy groups -OCH3 is 1. The van der Waals surface area contributed by atoms with Crippen LogP contribution in [0.3, 0.4) is 0 Å². The molecule has 1 unspecified atom stereocenters. The number of benzene rings is 1. The van der Waals surface area contributed by atoms with Gasteiger partial charge in [-0.25, -0.2) is 0 Å². The first-order valence-corrected chi connectivity index (χ1v) is 7.49. The van der Waals surface area contributed by atoms with E-state index < -0.39 is 0 Å². The third-order valence-electron chi connectivity index (χ3n) is 3.57. The molecule has 0 aromatic heterocycles. The molecule has 1 aromatic rings. The van der Waals surface area contributed by atoms with Crippen LogP contribution in [0.4, 0.5) is 0 Å². The number of hydrogen-bond acceptors (Lipinski definition) is 5. The molecule has 1 heterocycles. The highest BCUT2D eigenvalue weighted by Crippen LogP contribution is 2.38. The molecule has 1 aliphatic heterocycles. The molecule has 2 rings (SSSR count). The molecule has 1 atom stereocenters. The van der Waals surface area contributed by atoms with Crippen LogP contribution < -0.4 is 19.5 Å².